The van der Waals surface area contributed by atoms with Gasteiger partial charge in [0, 0.05) is 12.6 Å². The maximum atomic E-state index is 12.7. The number of ether oxygens (including phenoxy) is 1. The quantitative estimate of drug-likeness (QED) is 0.683. The van der Waals surface area contributed by atoms with E-state index >= 15 is 0 Å². The summed E-state index contributed by atoms with van der Waals surface area (Å²) in [5, 5.41) is 9.65. The van der Waals surface area contributed by atoms with Crippen molar-refractivity contribution < 1.29 is 23.1 Å². The Morgan fingerprint density at radius 3 is 2.69 bits per heavy atom. The van der Waals surface area contributed by atoms with E-state index < -0.39 is 18.9 Å². The van der Waals surface area contributed by atoms with Gasteiger partial charge in [0.1, 0.15) is 6.17 Å². The first kappa shape index (κ1) is 20.2. The lowest BCUT2D eigenvalue weighted by atomic mass is 10.0. The van der Waals surface area contributed by atoms with E-state index in [0.717, 1.165) is 16.8 Å². The highest BCUT2D eigenvalue weighted by Crippen LogP contribution is 2.30. The van der Waals surface area contributed by atoms with Crippen molar-refractivity contribution in [1.29, 1.82) is 0 Å². The molecule has 3 N–H and O–H groups in total. The number of aryl methyl sites for hydroxylation is 2. The highest BCUT2D eigenvalue weighted by atomic mass is 19.3. The number of nitrogens with one attached hydrogen (secondary N) is 3. The Labute approximate surface area is 167 Å². The third-order valence-corrected chi connectivity index (χ3v) is 5.11. The fourth-order valence-electron chi connectivity index (χ4n) is 3.93. The van der Waals surface area contributed by atoms with Gasteiger partial charge in [0.25, 0.3) is 5.91 Å². The molecule has 158 valence electrons. The first-order valence-electron chi connectivity index (χ1n) is 9.62. The lowest BCUT2D eigenvalue weighted by Crippen LogP contribution is -2.67. The van der Waals surface area contributed by atoms with Gasteiger partial charge in [0.15, 0.2) is 6.29 Å². The first-order valence-corrected chi connectivity index (χ1v) is 9.62. The Kier molecular flexibility index (Phi) is 5.79. The Morgan fingerprint density at radius 2 is 1.97 bits per heavy atom. The molecule has 2 fully saturated rings. The molecule has 4 rings (SSSR count). The van der Waals surface area contributed by atoms with Crippen molar-refractivity contribution in [3.8, 4) is 0 Å². The molecule has 1 aromatic rings. The highest BCUT2D eigenvalue weighted by molar-refractivity contribution is 5.96. The van der Waals surface area contributed by atoms with Crippen LogP contribution >= 0.6 is 0 Å². The second-order valence-corrected chi connectivity index (χ2v) is 7.32. The summed E-state index contributed by atoms with van der Waals surface area (Å²) in [6.45, 7) is 5.73. The van der Waals surface area contributed by atoms with Gasteiger partial charge < -0.3 is 10.1 Å². The van der Waals surface area contributed by atoms with Gasteiger partial charge in [-0.1, -0.05) is 12.1 Å². The number of anilines is 1. The average Bonchev–Trinajstić information content (AvgIpc) is 2.87. The summed E-state index contributed by atoms with van der Waals surface area (Å²) in [6, 6.07) is 3.52. The lowest BCUT2D eigenvalue weighted by molar-refractivity contribution is -0.196. The van der Waals surface area contributed by atoms with Gasteiger partial charge in [-0.15, -0.1) is 0 Å². The molecule has 1 amide bonds. The summed E-state index contributed by atoms with van der Waals surface area (Å²) in [5.74, 6) is -0.202. The molecule has 0 radical (unpaired) electrons. The normalized spacial score (nSPS) is 25.6. The SMILES string of the molecule is Cc1cc(CC(F)F)cc(C)c1N1C=C2C(=O)NC(N3CCOCCO3)NC2N1. The first-order chi connectivity index (χ1) is 13.9. The third-order valence-electron chi connectivity index (χ3n) is 5.11. The van der Waals surface area contributed by atoms with Crippen LogP contribution in [-0.4, -0.2) is 56.2 Å². The van der Waals surface area contributed by atoms with Crippen LogP contribution in [0.1, 0.15) is 16.7 Å². The van der Waals surface area contributed by atoms with E-state index in [9.17, 15) is 13.6 Å². The molecule has 0 bridgehead atoms. The predicted octanol–water partition coefficient (Wildman–Crippen LogP) is 0.912. The van der Waals surface area contributed by atoms with Gasteiger partial charge >= 0.3 is 0 Å². The molecule has 2 unspecified atom stereocenters. The largest absolute Gasteiger partial charge is 0.378 e. The minimum atomic E-state index is -2.38. The standard InChI is InChI=1S/C19H25F2N5O3/c1-11-7-13(9-15(20)21)8-12(2)16(11)25-10-14-17(24-25)22-19(23-18(14)27)26-3-4-28-5-6-29-26/h7-8,10,15,17,19,22,24H,3-6,9H2,1-2H3,(H,23,27). The smallest absolute Gasteiger partial charge is 0.254 e. The van der Waals surface area contributed by atoms with E-state index in [1.807, 2.05) is 13.8 Å². The van der Waals surface area contributed by atoms with E-state index in [2.05, 4.69) is 16.1 Å². The van der Waals surface area contributed by atoms with Crippen LogP contribution < -0.4 is 21.1 Å². The molecule has 0 aliphatic carbocycles. The Bertz CT molecular complexity index is 788. The number of hydrogen-bond acceptors (Lipinski definition) is 7. The minimum Gasteiger partial charge on any atom is -0.378 e. The number of hydroxylamine groups is 2. The van der Waals surface area contributed by atoms with Crippen molar-refractivity contribution in [3.05, 3.63) is 40.6 Å². The summed E-state index contributed by atoms with van der Waals surface area (Å²) in [5.41, 5.74) is 6.97. The minimum absolute atomic E-state index is 0.202. The Balaban J connectivity index is 1.51. The second-order valence-electron chi connectivity index (χ2n) is 7.32. The summed E-state index contributed by atoms with van der Waals surface area (Å²) >= 11 is 0. The van der Waals surface area contributed by atoms with Crippen molar-refractivity contribution in [2.45, 2.75) is 39.1 Å². The summed E-state index contributed by atoms with van der Waals surface area (Å²) in [4.78, 5) is 18.3. The lowest BCUT2D eigenvalue weighted by Gasteiger charge is -2.36. The number of carbonyl (C=O) groups is 1. The number of carbonyl (C=O) groups excluding carboxylic acids is 1. The maximum absolute atomic E-state index is 12.7. The highest BCUT2D eigenvalue weighted by Gasteiger charge is 2.39. The van der Waals surface area contributed by atoms with E-state index in [-0.39, 0.29) is 12.3 Å². The summed E-state index contributed by atoms with van der Waals surface area (Å²) in [7, 11) is 0. The molecule has 29 heavy (non-hydrogen) atoms. The number of hydrogen-bond donors (Lipinski definition) is 3. The van der Waals surface area contributed by atoms with Crippen LogP contribution in [0.15, 0.2) is 23.9 Å². The van der Waals surface area contributed by atoms with Gasteiger partial charge in [-0.05, 0) is 30.5 Å². The molecule has 10 heteroatoms. The molecule has 2 saturated heterocycles. The van der Waals surface area contributed by atoms with E-state index in [1.165, 1.54) is 0 Å². The molecule has 0 spiro atoms. The van der Waals surface area contributed by atoms with E-state index in [4.69, 9.17) is 9.57 Å². The molecular weight excluding hydrogens is 384 g/mol. The number of fused-ring (bicyclic) bond motifs is 1. The van der Waals surface area contributed by atoms with Gasteiger partial charge in [-0.25, -0.2) is 14.2 Å². The topological polar surface area (TPSA) is 78.1 Å². The zero-order valence-corrected chi connectivity index (χ0v) is 16.4. The zero-order valence-electron chi connectivity index (χ0n) is 16.4. The molecule has 0 saturated carbocycles. The van der Waals surface area contributed by atoms with Crippen LogP contribution in [0, 0.1) is 13.8 Å². The van der Waals surface area contributed by atoms with Crippen LogP contribution in [0.2, 0.25) is 0 Å². The van der Waals surface area contributed by atoms with Crippen molar-refractivity contribution in [1.82, 2.24) is 21.1 Å². The number of benzene rings is 1. The van der Waals surface area contributed by atoms with Crippen molar-refractivity contribution in [2.75, 3.05) is 31.4 Å². The van der Waals surface area contributed by atoms with E-state index in [1.54, 1.807) is 28.4 Å². The van der Waals surface area contributed by atoms with Crippen LogP contribution in [0.4, 0.5) is 14.5 Å². The number of rotatable bonds is 4. The fraction of sp³-hybridized carbons (Fsp3) is 0.526. The third kappa shape index (κ3) is 4.26. The zero-order chi connectivity index (χ0) is 20.5. The van der Waals surface area contributed by atoms with Crippen molar-refractivity contribution >= 4 is 11.6 Å². The number of nitrogens with zero attached hydrogens (tertiary/aromatic N) is 2. The van der Waals surface area contributed by atoms with Gasteiger partial charge in [-0.2, -0.15) is 5.06 Å². The summed E-state index contributed by atoms with van der Waals surface area (Å²) < 4.78 is 30.9. The Morgan fingerprint density at radius 1 is 1.21 bits per heavy atom. The van der Waals surface area contributed by atoms with Crippen LogP contribution in [0.25, 0.3) is 0 Å². The van der Waals surface area contributed by atoms with E-state index in [0.29, 0.717) is 37.5 Å². The monoisotopic (exact) mass is 409 g/mol. The predicted molar refractivity (Wildman–Crippen MR) is 102 cm³/mol. The molecule has 3 aliphatic heterocycles. The number of halogens is 2. The number of alkyl halides is 2. The molecule has 1 aromatic carbocycles. The molecule has 8 nitrogen and oxygen atoms in total. The van der Waals surface area contributed by atoms with Gasteiger partial charge in [-0.3, -0.25) is 20.0 Å². The molecule has 3 heterocycles. The Hall–Kier alpha value is -2.11. The molecular formula is C19H25F2N5O3. The van der Waals surface area contributed by atoms with Crippen LogP contribution in [0.5, 0.6) is 0 Å². The summed E-state index contributed by atoms with van der Waals surface area (Å²) in [6.07, 6.45) is -1.82. The van der Waals surface area contributed by atoms with Crippen molar-refractivity contribution in [3.63, 3.8) is 0 Å². The van der Waals surface area contributed by atoms with Gasteiger partial charge in [0.2, 0.25) is 6.43 Å². The van der Waals surface area contributed by atoms with Crippen LogP contribution in [-0.2, 0) is 20.8 Å². The fourth-order valence-corrected chi connectivity index (χ4v) is 3.93. The molecule has 3 aliphatic rings. The number of hydrazine groups is 1. The molecule has 0 aromatic heterocycles. The second kappa shape index (κ2) is 8.33. The average molecular weight is 409 g/mol. The van der Waals surface area contributed by atoms with Crippen LogP contribution in [0.3, 0.4) is 0 Å². The number of amides is 1. The van der Waals surface area contributed by atoms with Gasteiger partial charge in [0.05, 0.1) is 37.6 Å². The molecule has 2 atom stereocenters. The van der Waals surface area contributed by atoms with Crippen molar-refractivity contribution in [2.24, 2.45) is 0 Å². The maximum Gasteiger partial charge on any atom is 0.254 e.